The standard InChI is InChI=1S/C14H26N2O3/c1-11(2)16(10-13(17)18)14(19)15(3)9-12-7-5-4-6-8-12/h11-12H,4-10H2,1-3H3,(H,17,18). The van der Waals surface area contributed by atoms with Gasteiger partial charge in [-0.3, -0.25) is 4.79 Å². The van der Waals surface area contributed by atoms with Crippen LogP contribution < -0.4 is 0 Å². The molecule has 19 heavy (non-hydrogen) atoms. The molecule has 1 aliphatic carbocycles. The van der Waals surface area contributed by atoms with Crippen LogP contribution in [0.25, 0.3) is 0 Å². The Kier molecular flexibility index (Phi) is 6.12. The normalized spacial score (nSPS) is 16.4. The van der Waals surface area contributed by atoms with Crippen LogP contribution in [-0.2, 0) is 4.79 Å². The number of carboxylic acid groups (broad SMARTS) is 1. The summed E-state index contributed by atoms with van der Waals surface area (Å²) in [6.45, 7) is 4.19. The van der Waals surface area contributed by atoms with Crippen LogP contribution >= 0.6 is 0 Å². The molecule has 1 fully saturated rings. The molecule has 0 aromatic heterocycles. The van der Waals surface area contributed by atoms with Gasteiger partial charge in [-0.05, 0) is 32.6 Å². The Labute approximate surface area is 115 Å². The fraction of sp³-hybridized carbons (Fsp3) is 0.857. The molecule has 1 saturated carbocycles. The number of aliphatic carboxylic acids is 1. The Morgan fingerprint density at radius 3 is 2.26 bits per heavy atom. The fourth-order valence-corrected chi connectivity index (χ4v) is 2.67. The van der Waals surface area contributed by atoms with Crippen molar-refractivity contribution in [1.82, 2.24) is 9.80 Å². The van der Waals surface area contributed by atoms with Gasteiger partial charge >= 0.3 is 12.0 Å². The van der Waals surface area contributed by atoms with Gasteiger partial charge in [0.2, 0.25) is 0 Å². The van der Waals surface area contributed by atoms with Crippen LogP contribution in [0, 0.1) is 5.92 Å². The van der Waals surface area contributed by atoms with Crippen molar-refractivity contribution in [3.63, 3.8) is 0 Å². The van der Waals surface area contributed by atoms with E-state index in [1.807, 2.05) is 13.8 Å². The minimum Gasteiger partial charge on any atom is -0.480 e. The first-order valence-electron chi connectivity index (χ1n) is 7.15. The number of hydrogen-bond acceptors (Lipinski definition) is 2. The maximum Gasteiger partial charge on any atom is 0.323 e. The molecule has 0 aromatic carbocycles. The average molecular weight is 270 g/mol. The van der Waals surface area contributed by atoms with Crippen molar-refractivity contribution in [2.45, 2.75) is 52.0 Å². The van der Waals surface area contributed by atoms with E-state index in [1.165, 1.54) is 37.0 Å². The molecule has 0 aromatic rings. The number of nitrogens with zero attached hydrogens (tertiary/aromatic N) is 2. The minimum absolute atomic E-state index is 0.0996. The van der Waals surface area contributed by atoms with Gasteiger partial charge in [0.25, 0.3) is 0 Å². The lowest BCUT2D eigenvalue weighted by Gasteiger charge is -2.33. The smallest absolute Gasteiger partial charge is 0.323 e. The first-order chi connectivity index (χ1) is 8.91. The van der Waals surface area contributed by atoms with E-state index >= 15 is 0 Å². The molecule has 0 bridgehead atoms. The second-order valence-corrected chi connectivity index (χ2v) is 5.78. The largest absolute Gasteiger partial charge is 0.480 e. The van der Waals surface area contributed by atoms with Crippen LogP contribution in [0.4, 0.5) is 4.79 Å². The molecular weight excluding hydrogens is 244 g/mol. The van der Waals surface area contributed by atoms with Crippen molar-refractivity contribution in [3.05, 3.63) is 0 Å². The summed E-state index contributed by atoms with van der Waals surface area (Å²) in [7, 11) is 1.77. The summed E-state index contributed by atoms with van der Waals surface area (Å²) in [4.78, 5) is 26.2. The SMILES string of the molecule is CC(C)N(CC(=O)O)C(=O)N(C)CC1CCCCC1. The molecule has 5 nitrogen and oxygen atoms in total. The van der Waals surface area contributed by atoms with Crippen molar-refractivity contribution in [2.75, 3.05) is 20.1 Å². The molecule has 2 amide bonds. The van der Waals surface area contributed by atoms with Gasteiger partial charge in [-0.2, -0.15) is 0 Å². The van der Waals surface area contributed by atoms with Gasteiger partial charge in [-0.15, -0.1) is 0 Å². The maximum absolute atomic E-state index is 12.3. The first kappa shape index (κ1) is 15.8. The number of urea groups is 1. The van der Waals surface area contributed by atoms with E-state index in [2.05, 4.69) is 0 Å². The Morgan fingerprint density at radius 1 is 1.21 bits per heavy atom. The van der Waals surface area contributed by atoms with Gasteiger partial charge < -0.3 is 14.9 Å². The number of carbonyl (C=O) groups is 2. The second-order valence-electron chi connectivity index (χ2n) is 5.78. The third kappa shape index (κ3) is 5.09. The van der Waals surface area contributed by atoms with Gasteiger partial charge in [0.1, 0.15) is 6.54 Å². The Morgan fingerprint density at radius 2 is 1.79 bits per heavy atom. The quantitative estimate of drug-likeness (QED) is 0.834. The number of rotatable bonds is 5. The monoisotopic (exact) mass is 270 g/mol. The molecule has 0 spiro atoms. The topological polar surface area (TPSA) is 60.9 Å². The zero-order valence-electron chi connectivity index (χ0n) is 12.3. The molecule has 0 heterocycles. The molecular formula is C14H26N2O3. The lowest BCUT2D eigenvalue weighted by atomic mass is 9.89. The van der Waals surface area contributed by atoms with E-state index in [0.29, 0.717) is 5.92 Å². The second kappa shape index (κ2) is 7.36. The van der Waals surface area contributed by atoms with Crippen LogP contribution in [0.5, 0.6) is 0 Å². The van der Waals surface area contributed by atoms with E-state index in [4.69, 9.17) is 5.11 Å². The van der Waals surface area contributed by atoms with Gasteiger partial charge in [-0.25, -0.2) is 4.79 Å². The first-order valence-corrected chi connectivity index (χ1v) is 7.15. The zero-order chi connectivity index (χ0) is 14.4. The number of amides is 2. The summed E-state index contributed by atoms with van der Waals surface area (Å²) in [5.41, 5.74) is 0. The lowest BCUT2D eigenvalue weighted by Crippen LogP contribution is -2.48. The highest BCUT2D eigenvalue weighted by Crippen LogP contribution is 2.24. The predicted molar refractivity (Wildman–Crippen MR) is 74.1 cm³/mol. The zero-order valence-corrected chi connectivity index (χ0v) is 12.3. The Balaban J connectivity index is 2.54. The summed E-state index contributed by atoms with van der Waals surface area (Å²) < 4.78 is 0. The van der Waals surface area contributed by atoms with Crippen molar-refractivity contribution in [3.8, 4) is 0 Å². The molecule has 0 radical (unpaired) electrons. The maximum atomic E-state index is 12.3. The molecule has 1 rings (SSSR count). The van der Waals surface area contributed by atoms with Gasteiger partial charge in [0.15, 0.2) is 0 Å². The van der Waals surface area contributed by atoms with E-state index in [-0.39, 0.29) is 18.6 Å². The van der Waals surface area contributed by atoms with Crippen molar-refractivity contribution >= 4 is 12.0 Å². The Bertz CT molecular complexity index is 312. The third-order valence-corrected chi connectivity index (χ3v) is 3.76. The van der Waals surface area contributed by atoms with E-state index in [0.717, 1.165) is 6.54 Å². The molecule has 110 valence electrons. The van der Waals surface area contributed by atoms with Crippen LogP contribution in [0.2, 0.25) is 0 Å². The van der Waals surface area contributed by atoms with Crippen LogP contribution in [-0.4, -0.2) is 53.1 Å². The molecule has 1 aliphatic rings. The van der Waals surface area contributed by atoms with Crippen LogP contribution in [0.3, 0.4) is 0 Å². The van der Waals surface area contributed by atoms with Crippen LogP contribution in [0.1, 0.15) is 46.0 Å². The van der Waals surface area contributed by atoms with Crippen LogP contribution in [0.15, 0.2) is 0 Å². The number of carboxylic acids is 1. The summed E-state index contributed by atoms with van der Waals surface area (Å²) >= 11 is 0. The Hall–Kier alpha value is -1.26. The van der Waals surface area contributed by atoms with Gasteiger partial charge in [-0.1, -0.05) is 19.3 Å². The average Bonchev–Trinajstić information content (AvgIpc) is 2.35. The summed E-state index contributed by atoms with van der Waals surface area (Å²) in [5, 5.41) is 8.87. The van der Waals surface area contributed by atoms with Crippen molar-refractivity contribution < 1.29 is 14.7 Å². The van der Waals surface area contributed by atoms with E-state index in [1.54, 1.807) is 11.9 Å². The summed E-state index contributed by atoms with van der Waals surface area (Å²) in [5.74, 6) is -0.394. The minimum atomic E-state index is -0.965. The molecule has 0 aliphatic heterocycles. The summed E-state index contributed by atoms with van der Waals surface area (Å²) in [6, 6.07) is -0.277. The lowest BCUT2D eigenvalue weighted by molar-refractivity contribution is -0.138. The number of carbonyl (C=O) groups excluding carboxylic acids is 1. The molecule has 0 atom stereocenters. The van der Waals surface area contributed by atoms with Gasteiger partial charge in [0, 0.05) is 19.6 Å². The predicted octanol–water partition coefficient (Wildman–Crippen LogP) is 2.41. The highest BCUT2D eigenvalue weighted by Gasteiger charge is 2.25. The molecule has 0 saturated heterocycles. The highest BCUT2D eigenvalue weighted by molar-refractivity contribution is 5.80. The number of hydrogen-bond donors (Lipinski definition) is 1. The van der Waals surface area contributed by atoms with Gasteiger partial charge in [0.05, 0.1) is 0 Å². The molecule has 5 heteroatoms. The van der Waals surface area contributed by atoms with E-state index in [9.17, 15) is 9.59 Å². The molecule has 0 unspecified atom stereocenters. The van der Waals surface area contributed by atoms with Crippen molar-refractivity contribution in [1.29, 1.82) is 0 Å². The van der Waals surface area contributed by atoms with Crippen molar-refractivity contribution in [2.24, 2.45) is 5.92 Å². The summed E-state index contributed by atoms with van der Waals surface area (Å²) in [6.07, 6.45) is 6.15. The third-order valence-electron chi connectivity index (χ3n) is 3.76. The van der Waals surface area contributed by atoms with E-state index < -0.39 is 5.97 Å². The fourth-order valence-electron chi connectivity index (χ4n) is 2.67. The highest BCUT2D eigenvalue weighted by atomic mass is 16.4. The molecule has 1 N–H and O–H groups in total.